The molecule has 16 heavy (non-hydrogen) atoms. The van der Waals surface area contributed by atoms with E-state index in [0.29, 0.717) is 22.0 Å². The van der Waals surface area contributed by atoms with Crippen LogP contribution in [-0.4, -0.2) is 18.6 Å². The first-order chi connectivity index (χ1) is 7.72. The highest BCUT2D eigenvalue weighted by molar-refractivity contribution is 7.99. The van der Waals surface area contributed by atoms with Crippen LogP contribution in [0, 0.1) is 5.92 Å². The second-order valence-electron chi connectivity index (χ2n) is 4.06. The Balaban J connectivity index is 2.22. The van der Waals surface area contributed by atoms with Crippen molar-refractivity contribution < 1.29 is 0 Å². The van der Waals surface area contributed by atoms with Crippen LogP contribution in [0.3, 0.4) is 0 Å². The van der Waals surface area contributed by atoms with Crippen molar-refractivity contribution in [3.05, 3.63) is 33.8 Å². The standard InChI is InChI=1S/C12H15Cl2NS/c1-15-12(9-4-5-16-7-9)8-2-3-10(13)11(14)6-8/h2-3,6,9,12,15H,4-5,7H2,1H3. The van der Waals surface area contributed by atoms with Gasteiger partial charge < -0.3 is 5.32 Å². The molecule has 0 aromatic heterocycles. The Kier molecular flexibility index (Phi) is 4.42. The average molecular weight is 276 g/mol. The maximum absolute atomic E-state index is 6.06. The molecule has 1 saturated heterocycles. The van der Waals surface area contributed by atoms with Crippen LogP contribution in [0.2, 0.25) is 10.0 Å². The van der Waals surface area contributed by atoms with E-state index in [2.05, 4.69) is 11.4 Å². The summed E-state index contributed by atoms with van der Waals surface area (Å²) in [4.78, 5) is 0. The van der Waals surface area contributed by atoms with E-state index >= 15 is 0 Å². The van der Waals surface area contributed by atoms with Gasteiger partial charge in [0, 0.05) is 6.04 Å². The van der Waals surface area contributed by atoms with E-state index in [4.69, 9.17) is 23.2 Å². The third-order valence-corrected chi connectivity index (χ3v) is 4.98. The van der Waals surface area contributed by atoms with E-state index < -0.39 is 0 Å². The van der Waals surface area contributed by atoms with Crippen LogP contribution in [-0.2, 0) is 0 Å². The summed E-state index contributed by atoms with van der Waals surface area (Å²) in [7, 11) is 2.01. The van der Waals surface area contributed by atoms with Gasteiger partial charge in [-0.1, -0.05) is 29.3 Å². The smallest absolute Gasteiger partial charge is 0.0595 e. The largest absolute Gasteiger partial charge is 0.313 e. The van der Waals surface area contributed by atoms with Gasteiger partial charge in [-0.3, -0.25) is 0 Å². The summed E-state index contributed by atoms with van der Waals surface area (Å²) < 4.78 is 0. The van der Waals surface area contributed by atoms with Gasteiger partial charge in [-0.25, -0.2) is 0 Å². The van der Waals surface area contributed by atoms with Crippen molar-refractivity contribution in [1.82, 2.24) is 5.32 Å². The molecule has 2 rings (SSSR count). The fraction of sp³-hybridized carbons (Fsp3) is 0.500. The second kappa shape index (κ2) is 5.63. The van der Waals surface area contributed by atoms with Gasteiger partial charge in [-0.05, 0) is 48.6 Å². The number of halogens is 2. The topological polar surface area (TPSA) is 12.0 Å². The predicted molar refractivity (Wildman–Crippen MR) is 73.7 cm³/mol. The third-order valence-electron chi connectivity index (χ3n) is 3.05. The molecule has 1 aliphatic rings. The van der Waals surface area contributed by atoms with Gasteiger partial charge in [-0.2, -0.15) is 11.8 Å². The molecule has 0 amide bonds. The predicted octanol–water partition coefficient (Wildman–Crippen LogP) is 4.01. The monoisotopic (exact) mass is 275 g/mol. The first-order valence-electron chi connectivity index (χ1n) is 5.42. The Morgan fingerprint density at radius 3 is 2.75 bits per heavy atom. The van der Waals surface area contributed by atoms with Crippen LogP contribution in [0.15, 0.2) is 18.2 Å². The zero-order valence-electron chi connectivity index (χ0n) is 9.17. The van der Waals surface area contributed by atoms with Crippen LogP contribution in [0.4, 0.5) is 0 Å². The molecule has 88 valence electrons. The van der Waals surface area contributed by atoms with Crippen LogP contribution in [0.25, 0.3) is 0 Å². The Morgan fingerprint density at radius 2 is 2.19 bits per heavy atom. The number of thioether (sulfide) groups is 1. The maximum Gasteiger partial charge on any atom is 0.0595 e. The first-order valence-corrected chi connectivity index (χ1v) is 7.33. The van der Waals surface area contributed by atoms with Gasteiger partial charge in [0.2, 0.25) is 0 Å². The molecule has 1 aromatic rings. The Labute approximate surface area is 111 Å². The zero-order valence-corrected chi connectivity index (χ0v) is 11.5. The van der Waals surface area contributed by atoms with E-state index in [9.17, 15) is 0 Å². The summed E-state index contributed by atoms with van der Waals surface area (Å²) in [6.45, 7) is 0. The van der Waals surface area contributed by atoms with Crippen LogP contribution in [0.1, 0.15) is 18.0 Å². The molecular weight excluding hydrogens is 261 g/mol. The highest BCUT2D eigenvalue weighted by atomic mass is 35.5. The average Bonchev–Trinajstić information content (AvgIpc) is 2.78. The zero-order chi connectivity index (χ0) is 11.5. The van der Waals surface area contributed by atoms with Crippen molar-refractivity contribution >= 4 is 35.0 Å². The van der Waals surface area contributed by atoms with Crippen molar-refractivity contribution in [3.63, 3.8) is 0 Å². The molecule has 4 heteroatoms. The Bertz CT molecular complexity index is 364. The lowest BCUT2D eigenvalue weighted by Crippen LogP contribution is -2.25. The van der Waals surface area contributed by atoms with Gasteiger partial charge >= 0.3 is 0 Å². The van der Waals surface area contributed by atoms with E-state index in [1.165, 1.54) is 23.5 Å². The number of benzene rings is 1. The molecule has 1 heterocycles. The number of rotatable bonds is 3. The molecular formula is C12H15Cl2NS. The van der Waals surface area contributed by atoms with E-state index in [1.54, 1.807) is 0 Å². The summed E-state index contributed by atoms with van der Waals surface area (Å²) in [5.41, 5.74) is 1.24. The van der Waals surface area contributed by atoms with Crippen molar-refractivity contribution in [2.45, 2.75) is 12.5 Å². The van der Waals surface area contributed by atoms with Crippen LogP contribution in [0.5, 0.6) is 0 Å². The highest BCUT2D eigenvalue weighted by Crippen LogP contribution is 2.35. The molecule has 0 bridgehead atoms. The highest BCUT2D eigenvalue weighted by Gasteiger charge is 2.25. The molecule has 0 aliphatic carbocycles. The second-order valence-corrected chi connectivity index (χ2v) is 6.03. The molecule has 1 fully saturated rings. The van der Waals surface area contributed by atoms with Gasteiger partial charge in [0.1, 0.15) is 0 Å². The van der Waals surface area contributed by atoms with Crippen molar-refractivity contribution in [2.75, 3.05) is 18.6 Å². The quantitative estimate of drug-likeness (QED) is 0.895. The van der Waals surface area contributed by atoms with Gasteiger partial charge in [-0.15, -0.1) is 0 Å². The summed E-state index contributed by atoms with van der Waals surface area (Å²) in [5.74, 6) is 3.20. The molecule has 0 radical (unpaired) electrons. The van der Waals surface area contributed by atoms with E-state index in [1.807, 2.05) is 30.9 Å². The minimum Gasteiger partial charge on any atom is -0.313 e. The number of nitrogens with one attached hydrogen (secondary N) is 1. The minimum absolute atomic E-state index is 0.393. The summed E-state index contributed by atoms with van der Waals surface area (Å²) in [5, 5.41) is 4.66. The molecule has 1 aromatic carbocycles. The molecule has 1 aliphatic heterocycles. The third kappa shape index (κ3) is 2.67. The first kappa shape index (κ1) is 12.6. The fourth-order valence-electron chi connectivity index (χ4n) is 2.20. The lowest BCUT2D eigenvalue weighted by Gasteiger charge is -2.23. The molecule has 0 saturated carbocycles. The summed E-state index contributed by atoms with van der Waals surface area (Å²) in [6.07, 6.45) is 1.27. The van der Waals surface area contributed by atoms with E-state index in [-0.39, 0.29) is 0 Å². The molecule has 2 unspecified atom stereocenters. The van der Waals surface area contributed by atoms with Gasteiger partial charge in [0.15, 0.2) is 0 Å². The van der Waals surface area contributed by atoms with Gasteiger partial charge in [0.25, 0.3) is 0 Å². The molecule has 1 N–H and O–H groups in total. The van der Waals surface area contributed by atoms with Gasteiger partial charge in [0.05, 0.1) is 10.0 Å². The molecule has 2 atom stereocenters. The van der Waals surface area contributed by atoms with E-state index in [0.717, 1.165) is 0 Å². The van der Waals surface area contributed by atoms with Crippen molar-refractivity contribution in [1.29, 1.82) is 0 Å². The van der Waals surface area contributed by atoms with Crippen LogP contribution < -0.4 is 5.32 Å². The SMILES string of the molecule is CNC(c1ccc(Cl)c(Cl)c1)C1CCSC1. The number of hydrogen-bond acceptors (Lipinski definition) is 2. The lowest BCUT2D eigenvalue weighted by molar-refractivity contribution is 0.420. The summed E-state index contributed by atoms with van der Waals surface area (Å²) in [6, 6.07) is 6.32. The Morgan fingerprint density at radius 1 is 1.38 bits per heavy atom. The summed E-state index contributed by atoms with van der Waals surface area (Å²) >= 11 is 14.0. The number of hydrogen-bond donors (Lipinski definition) is 1. The van der Waals surface area contributed by atoms with Crippen molar-refractivity contribution in [2.24, 2.45) is 5.92 Å². The molecule has 0 spiro atoms. The normalized spacial score (nSPS) is 22.3. The maximum atomic E-state index is 6.06. The lowest BCUT2D eigenvalue weighted by atomic mass is 9.93. The van der Waals surface area contributed by atoms with Crippen molar-refractivity contribution in [3.8, 4) is 0 Å². The fourth-order valence-corrected chi connectivity index (χ4v) is 3.80. The van der Waals surface area contributed by atoms with Crippen LogP contribution >= 0.6 is 35.0 Å². The Hall–Kier alpha value is 0.110. The minimum atomic E-state index is 0.393. The molecule has 1 nitrogen and oxygen atoms in total.